The maximum atomic E-state index is 13.2. The number of fused-ring (bicyclic) bond motifs is 1. The molecule has 1 saturated heterocycles. The summed E-state index contributed by atoms with van der Waals surface area (Å²) in [5.74, 6) is 0.630. The summed E-state index contributed by atoms with van der Waals surface area (Å²) in [6.07, 6.45) is 0. The Kier molecular flexibility index (Phi) is 5.85. The first-order chi connectivity index (χ1) is 16.3. The average Bonchev–Trinajstić information content (AvgIpc) is 3.26. The first-order valence-electron chi connectivity index (χ1n) is 10.5. The van der Waals surface area contributed by atoms with Crippen molar-refractivity contribution >= 4 is 38.3 Å². The molecular formula is C24H20ClN4O4S. The van der Waals surface area contributed by atoms with E-state index in [1.54, 1.807) is 42.2 Å². The largest absolute Gasteiger partial charge is 0.339 e. The van der Waals surface area contributed by atoms with Crippen molar-refractivity contribution in [2.75, 3.05) is 13.1 Å². The highest BCUT2D eigenvalue weighted by Crippen LogP contribution is 2.26. The lowest BCUT2D eigenvalue weighted by molar-refractivity contribution is -0.131. The molecule has 1 fully saturated rings. The van der Waals surface area contributed by atoms with Crippen molar-refractivity contribution in [3.63, 3.8) is 0 Å². The van der Waals surface area contributed by atoms with Crippen LogP contribution in [0.15, 0.2) is 70.1 Å². The molecule has 34 heavy (non-hydrogen) atoms. The zero-order valence-electron chi connectivity index (χ0n) is 18.2. The zero-order valence-corrected chi connectivity index (χ0v) is 19.8. The highest BCUT2D eigenvalue weighted by atomic mass is 35.5. The summed E-state index contributed by atoms with van der Waals surface area (Å²) in [4.78, 5) is 18.7. The van der Waals surface area contributed by atoms with Crippen LogP contribution in [-0.2, 0) is 21.4 Å². The number of hydrogen-bond acceptors (Lipinski definition) is 6. The summed E-state index contributed by atoms with van der Waals surface area (Å²) < 4.78 is 32.4. The van der Waals surface area contributed by atoms with E-state index in [0.717, 1.165) is 32.7 Å². The van der Waals surface area contributed by atoms with Crippen molar-refractivity contribution in [2.24, 2.45) is 0 Å². The number of aromatic nitrogens is 2. The van der Waals surface area contributed by atoms with Crippen molar-refractivity contribution in [3.8, 4) is 11.4 Å². The second-order valence-electron chi connectivity index (χ2n) is 7.99. The van der Waals surface area contributed by atoms with Crippen LogP contribution in [0.25, 0.3) is 22.2 Å². The molecule has 1 aromatic heterocycles. The van der Waals surface area contributed by atoms with Gasteiger partial charge >= 0.3 is 0 Å². The Labute approximate surface area is 201 Å². The van der Waals surface area contributed by atoms with Gasteiger partial charge in [-0.2, -0.15) is 9.29 Å². The van der Waals surface area contributed by atoms with Crippen LogP contribution in [0.5, 0.6) is 0 Å². The lowest BCUT2D eigenvalue weighted by Gasteiger charge is -2.33. The third-order valence-corrected chi connectivity index (χ3v) is 7.64. The molecule has 0 N–H and O–H groups in total. The molecule has 173 valence electrons. The molecule has 0 aliphatic carbocycles. The predicted molar refractivity (Wildman–Crippen MR) is 127 cm³/mol. The van der Waals surface area contributed by atoms with Crippen LogP contribution in [0.4, 0.5) is 0 Å². The van der Waals surface area contributed by atoms with Crippen LogP contribution in [0.1, 0.15) is 11.5 Å². The summed E-state index contributed by atoms with van der Waals surface area (Å²) in [6.45, 7) is 3.70. The van der Waals surface area contributed by atoms with E-state index in [4.69, 9.17) is 16.1 Å². The van der Waals surface area contributed by atoms with Gasteiger partial charge in [-0.15, -0.1) is 0 Å². The van der Waals surface area contributed by atoms with Gasteiger partial charge in [-0.3, -0.25) is 4.79 Å². The first kappa shape index (κ1) is 22.5. The number of nitrogens with zero attached hydrogens (tertiary/aromatic N) is 4. The van der Waals surface area contributed by atoms with Gasteiger partial charge in [-0.05, 0) is 40.6 Å². The topological polar surface area (TPSA) is 96.6 Å². The normalized spacial score (nSPS) is 15.2. The molecule has 0 bridgehead atoms. The van der Waals surface area contributed by atoms with Gasteiger partial charge in [0.2, 0.25) is 27.6 Å². The van der Waals surface area contributed by atoms with Gasteiger partial charge in [-0.1, -0.05) is 53.2 Å². The van der Waals surface area contributed by atoms with Crippen LogP contribution >= 0.6 is 11.6 Å². The maximum Gasteiger partial charge on any atom is 0.243 e. The Morgan fingerprint density at radius 2 is 1.74 bits per heavy atom. The van der Waals surface area contributed by atoms with Crippen LogP contribution in [0.2, 0.25) is 5.02 Å². The highest BCUT2D eigenvalue weighted by Gasteiger charge is 2.33. The number of piperazine rings is 1. The van der Waals surface area contributed by atoms with E-state index >= 15 is 0 Å². The number of rotatable bonds is 5. The molecule has 0 atom stereocenters. The monoisotopic (exact) mass is 495 g/mol. The molecule has 4 aromatic rings. The zero-order chi connectivity index (χ0) is 23.9. The van der Waals surface area contributed by atoms with Gasteiger partial charge in [0.25, 0.3) is 0 Å². The van der Waals surface area contributed by atoms with Crippen molar-refractivity contribution in [2.45, 2.75) is 18.4 Å². The Balaban J connectivity index is 1.27. The third kappa shape index (κ3) is 4.42. The molecule has 1 aliphatic rings. The minimum Gasteiger partial charge on any atom is -0.339 e. The fourth-order valence-electron chi connectivity index (χ4n) is 3.83. The number of carbonyl (C=O) groups excluding carboxylic acids is 1. The average molecular weight is 496 g/mol. The van der Waals surface area contributed by atoms with Crippen molar-refractivity contribution in [1.82, 2.24) is 19.3 Å². The van der Waals surface area contributed by atoms with Gasteiger partial charge in [0, 0.05) is 37.1 Å². The smallest absolute Gasteiger partial charge is 0.243 e. The van der Waals surface area contributed by atoms with Gasteiger partial charge < -0.3 is 9.42 Å². The third-order valence-electron chi connectivity index (χ3n) is 5.65. The molecule has 8 nitrogen and oxygen atoms in total. The molecular weight excluding hydrogens is 476 g/mol. The van der Waals surface area contributed by atoms with E-state index in [1.807, 2.05) is 24.3 Å². The Bertz CT molecular complexity index is 1480. The van der Waals surface area contributed by atoms with E-state index in [9.17, 15) is 13.2 Å². The number of hydrogen-bond donors (Lipinski definition) is 0. The summed E-state index contributed by atoms with van der Waals surface area (Å²) in [5.41, 5.74) is 1.72. The van der Waals surface area contributed by atoms with Crippen LogP contribution in [0.3, 0.4) is 0 Å². The predicted octanol–water partition coefficient (Wildman–Crippen LogP) is 4.05. The standard InChI is InChI=1S/C24H20ClN4O4S/c1-16-26-24(27-33-16)18-4-2-17(3-5-18)14-28-10-11-29(15-23(28)30)34(31,32)22-9-7-19-12-21(25)8-6-20(19)13-22/h2-9,12-13,15H,10-11,14H2,1H3. The lowest BCUT2D eigenvalue weighted by atomic mass is 10.1. The van der Waals surface area contributed by atoms with Gasteiger partial charge in [0.1, 0.15) is 6.54 Å². The number of sulfonamides is 1. The quantitative estimate of drug-likeness (QED) is 0.414. The Morgan fingerprint density at radius 1 is 1.00 bits per heavy atom. The molecule has 0 unspecified atom stereocenters. The van der Waals surface area contributed by atoms with E-state index in [-0.39, 0.29) is 23.9 Å². The highest BCUT2D eigenvalue weighted by molar-refractivity contribution is 7.89. The van der Waals surface area contributed by atoms with E-state index in [1.165, 1.54) is 6.07 Å². The van der Waals surface area contributed by atoms with Crippen molar-refractivity contribution < 1.29 is 17.7 Å². The number of benzene rings is 3. The minimum absolute atomic E-state index is 0.132. The van der Waals surface area contributed by atoms with E-state index in [2.05, 4.69) is 10.1 Å². The molecule has 5 rings (SSSR count). The number of halogens is 1. The van der Waals surface area contributed by atoms with Crippen LogP contribution in [0, 0.1) is 13.5 Å². The number of carbonyl (C=O) groups is 1. The fraction of sp³-hybridized carbons (Fsp3) is 0.167. The molecule has 1 radical (unpaired) electrons. The number of aryl methyl sites for hydroxylation is 1. The minimum atomic E-state index is -3.85. The van der Waals surface area contributed by atoms with Crippen molar-refractivity contribution in [3.05, 3.63) is 83.7 Å². The summed E-state index contributed by atoms with van der Waals surface area (Å²) >= 11 is 6.01. The summed E-state index contributed by atoms with van der Waals surface area (Å²) in [5, 5.41) is 6.08. The first-order valence-corrected chi connectivity index (χ1v) is 12.4. The Hall–Kier alpha value is -3.27. The van der Waals surface area contributed by atoms with E-state index in [0.29, 0.717) is 23.3 Å². The van der Waals surface area contributed by atoms with Crippen LogP contribution in [-0.4, -0.2) is 46.8 Å². The fourth-order valence-corrected chi connectivity index (χ4v) is 5.35. The van der Waals surface area contributed by atoms with Crippen LogP contribution < -0.4 is 0 Å². The van der Waals surface area contributed by atoms with Gasteiger partial charge in [0.15, 0.2) is 0 Å². The molecule has 1 amide bonds. The summed E-state index contributed by atoms with van der Waals surface area (Å²) in [6, 6.07) is 17.6. The van der Waals surface area contributed by atoms with E-state index < -0.39 is 10.0 Å². The molecule has 1 aliphatic heterocycles. The summed E-state index contributed by atoms with van der Waals surface area (Å²) in [7, 11) is -3.85. The molecule has 3 aromatic carbocycles. The van der Waals surface area contributed by atoms with Gasteiger partial charge in [-0.25, -0.2) is 8.42 Å². The molecule has 0 saturated carbocycles. The number of amides is 1. The molecule has 0 spiro atoms. The van der Waals surface area contributed by atoms with Crippen molar-refractivity contribution in [1.29, 1.82) is 0 Å². The SMILES string of the molecule is Cc1nc(-c2ccc(CN3CCN(S(=O)(=O)c4ccc5cc(Cl)ccc5c4)[CH]C3=O)cc2)no1. The Morgan fingerprint density at radius 3 is 2.44 bits per heavy atom. The lowest BCUT2D eigenvalue weighted by Crippen LogP contribution is -2.48. The maximum absolute atomic E-state index is 13.2. The molecule has 2 heterocycles. The second kappa shape index (κ2) is 8.83. The van der Waals surface area contributed by atoms with Gasteiger partial charge in [0.05, 0.1) is 4.90 Å². The second-order valence-corrected chi connectivity index (χ2v) is 10.3. The molecule has 10 heteroatoms.